The number of amides is 1. The molecule has 4 rings (SSSR count). The Morgan fingerprint density at radius 3 is 2.65 bits per heavy atom. The van der Waals surface area contributed by atoms with Gasteiger partial charge in [0.05, 0.1) is 30.1 Å². The fourth-order valence-corrected chi connectivity index (χ4v) is 4.81. The number of thiophene rings is 1. The van der Waals surface area contributed by atoms with E-state index in [1.807, 2.05) is 52.9 Å². The molecule has 2 aromatic heterocycles. The Kier molecular flexibility index (Phi) is 10.4. The number of carbonyl (C=O) groups is 1. The number of benzene rings is 2. The van der Waals surface area contributed by atoms with Gasteiger partial charge in [0.15, 0.2) is 6.19 Å². The van der Waals surface area contributed by atoms with Crippen molar-refractivity contribution >= 4 is 51.2 Å². The van der Waals surface area contributed by atoms with Gasteiger partial charge in [0, 0.05) is 51.1 Å². The number of para-hydroxylation sites is 1. The smallest absolute Gasteiger partial charge is 0.267 e. The number of methoxy groups -OCH3 is 2. The number of pyridine rings is 1. The molecule has 40 heavy (non-hydrogen) atoms. The summed E-state index contributed by atoms with van der Waals surface area (Å²) in [6.07, 6.45) is 3.74. The molecule has 4 aromatic rings. The predicted octanol–water partition coefficient (Wildman–Crippen LogP) is 4.81. The maximum Gasteiger partial charge on any atom is 0.267 e. The Bertz CT molecular complexity index is 1490. The number of nitrogens with zero attached hydrogens (tertiary/aromatic N) is 4. The van der Waals surface area contributed by atoms with Crippen molar-refractivity contribution in [3.8, 4) is 6.19 Å². The van der Waals surface area contributed by atoms with Gasteiger partial charge in [-0.15, -0.1) is 11.3 Å². The van der Waals surface area contributed by atoms with Gasteiger partial charge < -0.3 is 25.0 Å². The van der Waals surface area contributed by atoms with Gasteiger partial charge in [-0.1, -0.05) is 24.3 Å². The second-order valence-corrected chi connectivity index (χ2v) is 9.57. The maximum absolute atomic E-state index is 13.2. The normalized spacial score (nSPS) is 11.2. The summed E-state index contributed by atoms with van der Waals surface area (Å²) >= 11 is 1.37. The fourth-order valence-electron chi connectivity index (χ4n) is 4.04. The zero-order valence-electron chi connectivity index (χ0n) is 22.4. The molecule has 0 spiro atoms. The molecule has 11 heteroatoms. The quantitative estimate of drug-likeness (QED) is 0.0981. The van der Waals surface area contributed by atoms with Crippen LogP contribution in [-0.2, 0) is 16.0 Å². The van der Waals surface area contributed by atoms with Gasteiger partial charge in [-0.05, 0) is 47.3 Å². The highest BCUT2D eigenvalue weighted by Gasteiger charge is 2.15. The van der Waals surface area contributed by atoms with Crippen molar-refractivity contribution in [3.05, 3.63) is 82.7 Å². The summed E-state index contributed by atoms with van der Waals surface area (Å²) in [4.78, 5) is 24.7. The van der Waals surface area contributed by atoms with Crippen LogP contribution in [0.2, 0.25) is 0 Å². The molecule has 0 saturated carbocycles. The van der Waals surface area contributed by atoms with E-state index in [1.165, 1.54) is 11.3 Å². The first-order valence-electron chi connectivity index (χ1n) is 12.6. The molecule has 3 N–H and O–H groups in total. The topological polar surface area (TPSA) is 124 Å². The van der Waals surface area contributed by atoms with E-state index in [0.717, 1.165) is 22.2 Å². The molecule has 0 aliphatic rings. The number of anilines is 2. The van der Waals surface area contributed by atoms with Crippen LogP contribution in [0.4, 0.5) is 17.1 Å². The summed E-state index contributed by atoms with van der Waals surface area (Å²) < 4.78 is 10.4. The third-order valence-electron chi connectivity index (χ3n) is 6.02. The Balaban J connectivity index is 1.47. The summed E-state index contributed by atoms with van der Waals surface area (Å²) in [5.74, 6) is 0.142. The number of fused-ring (bicyclic) bond motifs is 1. The summed E-state index contributed by atoms with van der Waals surface area (Å²) in [5, 5.41) is 21.3. The molecule has 0 aliphatic carbocycles. The van der Waals surface area contributed by atoms with Gasteiger partial charge >= 0.3 is 0 Å². The van der Waals surface area contributed by atoms with Crippen molar-refractivity contribution in [1.82, 2.24) is 15.2 Å². The van der Waals surface area contributed by atoms with Gasteiger partial charge in [0.1, 0.15) is 4.88 Å². The molecule has 0 bridgehead atoms. The lowest BCUT2D eigenvalue weighted by molar-refractivity contribution is 0.103. The SMILES string of the molecule is COCCN(CCOC)C(=Nc1cccc(NC(=O)c2sccc2NCc2ccnc3ccccc23)c1)NC#N. The van der Waals surface area contributed by atoms with Crippen LogP contribution in [0.5, 0.6) is 0 Å². The Hall–Kier alpha value is -4.50. The van der Waals surface area contributed by atoms with Gasteiger partial charge in [-0.3, -0.25) is 15.1 Å². The van der Waals surface area contributed by atoms with Crippen LogP contribution in [0.3, 0.4) is 0 Å². The number of ether oxygens (including phenoxy) is 2. The number of guanidine groups is 1. The van der Waals surface area contributed by atoms with E-state index in [2.05, 4.69) is 25.9 Å². The molecule has 206 valence electrons. The van der Waals surface area contributed by atoms with Gasteiger partial charge in [0.2, 0.25) is 5.96 Å². The monoisotopic (exact) mass is 557 g/mol. The van der Waals surface area contributed by atoms with E-state index < -0.39 is 0 Å². The maximum atomic E-state index is 13.2. The third kappa shape index (κ3) is 7.54. The average molecular weight is 558 g/mol. The van der Waals surface area contributed by atoms with Crippen molar-refractivity contribution in [2.75, 3.05) is 51.2 Å². The zero-order chi connectivity index (χ0) is 28.2. The summed E-state index contributed by atoms with van der Waals surface area (Å²) in [7, 11) is 3.23. The van der Waals surface area contributed by atoms with E-state index in [0.29, 0.717) is 55.1 Å². The number of carbonyl (C=O) groups excluding carboxylic acids is 1. The second-order valence-electron chi connectivity index (χ2n) is 8.65. The highest BCUT2D eigenvalue weighted by atomic mass is 32.1. The van der Waals surface area contributed by atoms with Gasteiger partial charge in [-0.2, -0.15) is 5.26 Å². The van der Waals surface area contributed by atoms with Crippen LogP contribution in [0, 0.1) is 11.5 Å². The van der Waals surface area contributed by atoms with Crippen LogP contribution in [-0.4, -0.2) is 62.3 Å². The molecule has 0 saturated heterocycles. The number of rotatable bonds is 12. The molecule has 1 amide bonds. The lowest BCUT2D eigenvalue weighted by atomic mass is 10.1. The standard InChI is InChI=1S/C29H31N7O3S/c1-38-15-13-36(14-16-39-2)29(33-20-30)35-23-7-5-6-22(18-23)34-28(37)27-26(11-17-40-27)32-19-21-10-12-31-25-9-4-3-8-24(21)25/h3-12,17-18,32H,13-16,19H2,1-2H3,(H,33,35)(H,34,37). The summed E-state index contributed by atoms with van der Waals surface area (Å²) in [6.45, 7) is 2.52. The Labute approximate surface area is 237 Å². The highest BCUT2D eigenvalue weighted by Crippen LogP contribution is 2.26. The number of aromatic nitrogens is 1. The second kappa shape index (κ2) is 14.6. The van der Waals surface area contributed by atoms with E-state index in [4.69, 9.17) is 9.47 Å². The number of aliphatic imine (C=N–C) groups is 1. The first kappa shape index (κ1) is 28.5. The molecular weight excluding hydrogens is 526 g/mol. The Morgan fingerprint density at radius 1 is 1.07 bits per heavy atom. The molecule has 2 aromatic carbocycles. The van der Waals surface area contributed by atoms with Gasteiger partial charge in [0.25, 0.3) is 5.91 Å². The predicted molar refractivity (Wildman–Crippen MR) is 159 cm³/mol. The third-order valence-corrected chi connectivity index (χ3v) is 6.93. The lowest BCUT2D eigenvalue weighted by Gasteiger charge is -2.24. The number of nitrogens with one attached hydrogen (secondary N) is 3. The van der Waals surface area contributed by atoms with Crippen LogP contribution in [0.1, 0.15) is 15.2 Å². The van der Waals surface area contributed by atoms with E-state index in [9.17, 15) is 10.1 Å². The molecule has 2 heterocycles. The molecule has 0 radical (unpaired) electrons. The minimum atomic E-state index is -0.226. The largest absolute Gasteiger partial charge is 0.383 e. The zero-order valence-corrected chi connectivity index (χ0v) is 23.2. The minimum Gasteiger partial charge on any atom is -0.383 e. The fraction of sp³-hybridized carbons (Fsp3) is 0.241. The van der Waals surface area contributed by atoms with E-state index in [-0.39, 0.29) is 5.91 Å². The van der Waals surface area contributed by atoms with E-state index in [1.54, 1.807) is 44.7 Å². The molecular formula is C29H31N7O3S. The molecule has 0 unspecified atom stereocenters. The van der Waals surface area contributed by atoms with E-state index >= 15 is 0 Å². The minimum absolute atomic E-state index is 0.226. The lowest BCUT2D eigenvalue weighted by Crippen LogP contribution is -2.42. The summed E-state index contributed by atoms with van der Waals surface area (Å²) in [6, 6.07) is 19.0. The van der Waals surface area contributed by atoms with Crippen LogP contribution in [0.15, 0.2) is 77.2 Å². The first-order valence-corrected chi connectivity index (χ1v) is 13.5. The average Bonchev–Trinajstić information content (AvgIpc) is 3.45. The molecule has 0 atom stereocenters. The number of hydrogen-bond acceptors (Lipinski definition) is 8. The number of nitriles is 1. The molecule has 0 aliphatic heterocycles. The van der Waals surface area contributed by atoms with Crippen LogP contribution >= 0.6 is 11.3 Å². The van der Waals surface area contributed by atoms with Crippen molar-refractivity contribution < 1.29 is 14.3 Å². The van der Waals surface area contributed by atoms with Crippen molar-refractivity contribution in [3.63, 3.8) is 0 Å². The summed E-state index contributed by atoms with van der Waals surface area (Å²) in [5.41, 5.74) is 3.94. The van der Waals surface area contributed by atoms with Crippen molar-refractivity contribution in [2.45, 2.75) is 6.54 Å². The molecule has 0 fully saturated rings. The first-order chi connectivity index (χ1) is 19.6. The van der Waals surface area contributed by atoms with Crippen LogP contribution in [0.25, 0.3) is 10.9 Å². The highest BCUT2D eigenvalue weighted by molar-refractivity contribution is 7.12. The number of hydrogen-bond donors (Lipinski definition) is 3. The Morgan fingerprint density at radius 2 is 1.88 bits per heavy atom. The molecule has 10 nitrogen and oxygen atoms in total. The van der Waals surface area contributed by atoms with Crippen molar-refractivity contribution in [2.24, 2.45) is 4.99 Å². The van der Waals surface area contributed by atoms with Crippen LogP contribution < -0.4 is 16.0 Å². The van der Waals surface area contributed by atoms with Crippen molar-refractivity contribution in [1.29, 1.82) is 5.26 Å². The van der Waals surface area contributed by atoms with Gasteiger partial charge in [-0.25, -0.2) is 4.99 Å².